The van der Waals surface area contributed by atoms with Crippen molar-refractivity contribution in [3.8, 4) is 0 Å². The van der Waals surface area contributed by atoms with E-state index in [0.29, 0.717) is 13.2 Å². The van der Waals surface area contributed by atoms with Gasteiger partial charge in [-0.05, 0) is 20.8 Å². The minimum Gasteiger partial charge on any atom is -0.458 e. The monoisotopic (exact) mass is 231 g/mol. The first-order valence-electron chi connectivity index (χ1n) is 5.47. The molecule has 0 radical (unpaired) electrons. The Bertz CT molecular complexity index is 235. The zero-order chi connectivity index (χ0) is 12.2. The molecule has 1 aliphatic rings. The Morgan fingerprint density at radius 3 is 2.62 bits per heavy atom. The van der Waals surface area contributed by atoms with Gasteiger partial charge in [0.1, 0.15) is 5.60 Å². The Morgan fingerprint density at radius 2 is 2.19 bits per heavy atom. The molecule has 0 aromatic heterocycles. The predicted octanol–water partition coefficient (Wildman–Crippen LogP) is 0.333. The summed E-state index contributed by atoms with van der Waals surface area (Å²) < 4.78 is 16.0. The average molecular weight is 231 g/mol. The van der Waals surface area contributed by atoms with Crippen molar-refractivity contribution in [1.29, 1.82) is 0 Å². The highest BCUT2D eigenvalue weighted by Crippen LogP contribution is 2.20. The second-order valence-electron chi connectivity index (χ2n) is 4.95. The summed E-state index contributed by atoms with van der Waals surface area (Å²) >= 11 is 0. The summed E-state index contributed by atoms with van der Waals surface area (Å²) in [6.45, 7) is 7.37. The molecule has 1 aliphatic heterocycles. The SMILES string of the molecule is COC[C@@]1(C(=O)OC(C)(C)C)CNCCO1. The Hall–Kier alpha value is -0.650. The number of nitrogens with one attached hydrogen (secondary N) is 1. The second-order valence-corrected chi connectivity index (χ2v) is 4.95. The molecule has 0 aromatic carbocycles. The van der Waals surface area contributed by atoms with Crippen LogP contribution in [-0.4, -0.2) is 50.6 Å². The molecule has 5 nitrogen and oxygen atoms in total. The van der Waals surface area contributed by atoms with Crippen LogP contribution in [0.2, 0.25) is 0 Å². The standard InChI is InChI=1S/C11H21NO4/c1-10(2,3)16-9(13)11(8-14-4)7-12-5-6-15-11/h12H,5-8H2,1-4H3/t11-/m1/s1. The van der Waals surface area contributed by atoms with Crippen LogP contribution in [0.5, 0.6) is 0 Å². The number of hydrogen-bond donors (Lipinski definition) is 1. The largest absolute Gasteiger partial charge is 0.458 e. The number of methoxy groups -OCH3 is 1. The number of hydrogen-bond acceptors (Lipinski definition) is 5. The fourth-order valence-electron chi connectivity index (χ4n) is 1.55. The highest BCUT2D eigenvalue weighted by Gasteiger charge is 2.44. The van der Waals surface area contributed by atoms with Gasteiger partial charge in [-0.25, -0.2) is 4.79 Å². The third kappa shape index (κ3) is 3.43. The molecule has 1 fully saturated rings. The van der Waals surface area contributed by atoms with Crippen molar-refractivity contribution in [3.05, 3.63) is 0 Å². The maximum absolute atomic E-state index is 12.1. The molecule has 0 unspecified atom stereocenters. The van der Waals surface area contributed by atoms with Gasteiger partial charge in [-0.1, -0.05) is 0 Å². The lowest BCUT2D eigenvalue weighted by molar-refractivity contribution is -0.194. The molecular formula is C11H21NO4. The normalized spacial score (nSPS) is 26.5. The van der Waals surface area contributed by atoms with Crippen molar-refractivity contribution in [2.75, 3.05) is 33.4 Å². The lowest BCUT2D eigenvalue weighted by Crippen LogP contribution is -2.59. The lowest BCUT2D eigenvalue weighted by Gasteiger charge is -2.36. The van der Waals surface area contributed by atoms with E-state index >= 15 is 0 Å². The van der Waals surface area contributed by atoms with Gasteiger partial charge in [-0.2, -0.15) is 0 Å². The molecule has 1 N–H and O–H groups in total. The lowest BCUT2D eigenvalue weighted by atomic mass is 10.0. The molecule has 0 saturated carbocycles. The highest BCUT2D eigenvalue weighted by molar-refractivity contribution is 5.80. The smallest absolute Gasteiger partial charge is 0.342 e. The molecule has 1 saturated heterocycles. The van der Waals surface area contributed by atoms with Gasteiger partial charge >= 0.3 is 5.97 Å². The van der Waals surface area contributed by atoms with E-state index in [1.54, 1.807) is 7.11 Å². The van der Waals surface area contributed by atoms with Gasteiger partial charge in [-0.15, -0.1) is 0 Å². The molecular weight excluding hydrogens is 210 g/mol. The van der Waals surface area contributed by atoms with Crippen LogP contribution < -0.4 is 5.32 Å². The summed E-state index contributed by atoms with van der Waals surface area (Å²) in [4.78, 5) is 12.1. The molecule has 5 heteroatoms. The summed E-state index contributed by atoms with van der Waals surface area (Å²) in [5.41, 5.74) is -1.51. The first kappa shape index (κ1) is 13.4. The molecule has 1 heterocycles. The number of esters is 1. The van der Waals surface area contributed by atoms with Crippen LogP contribution in [-0.2, 0) is 19.0 Å². The van der Waals surface area contributed by atoms with E-state index in [1.807, 2.05) is 20.8 Å². The zero-order valence-electron chi connectivity index (χ0n) is 10.5. The maximum Gasteiger partial charge on any atom is 0.342 e. The first-order chi connectivity index (χ1) is 7.40. The fourth-order valence-corrected chi connectivity index (χ4v) is 1.55. The van der Waals surface area contributed by atoms with Crippen molar-refractivity contribution < 1.29 is 19.0 Å². The molecule has 0 aliphatic carbocycles. The Labute approximate surface area is 96.4 Å². The van der Waals surface area contributed by atoms with Gasteiger partial charge in [0.2, 0.25) is 5.60 Å². The number of ether oxygens (including phenoxy) is 3. The van der Waals surface area contributed by atoms with Gasteiger partial charge in [0.25, 0.3) is 0 Å². The summed E-state index contributed by atoms with van der Waals surface area (Å²) in [5.74, 6) is -0.367. The molecule has 0 aromatic rings. The van der Waals surface area contributed by atoms with Gasteiger partial charge < -0.3 is 19.5 Å². The second kappa shape index (κ2) is 5.12. The Balaban J connectivity index is 2.72. The van der Waals surface area contributed by atoms with E-state index in [9.17, 15) is 4.79 Å². The molecule has 0 spiro atoms. The van der Waals surface area contributed by atoms with E-state index in [1.165, 1.54) is 0 Å². The van der Waals surface area contributed by atoms with Crippen molar-refractivity contribution in [3.63, 3.8) is 0 Å². The van der Waals surface area contributed by atoms with E-state index in [0.717, 1.165) is 6.54 Å². The predicted molar refractivity (Wildman–Crippen MR) is 59.3 cm³/mol. The van der Waals surface area contributed by atoms with E-state index in [2.05, 4.69) is 5.32 Å². The van der Waals surface area contributed by atoms with E-state index < -0.39 is 11.2 Å². The zero-order valence-corrected chi connectivity index (χ0v) is 10.5. The maximum atomic E-state index is 12.1. The minimum absolute atomic E-state index is 0.203. The Morgan fingerprint density at radius 1 is 1.50 bits per heavy atom. The molecule has 1 rings (SSSR count). The van der Waals surface area contributed by atoms with Gasteiger partial charge in [-0.3, -0.25) is 0 Å². The van der Waals surface area contributed by atoms with Crippen LogP contribution in [0.25, 0.3) is 0 Å². The van der Waals surface area contributed by atoms with Gasteiger partial charge in [0, 0.05) is 20.2 Å². The van der Waals surface area contributed by atoms with Crippen LogP contribution >= 0.6 is 0 Å². The van der Waals surface area contributed by atoms with E-state index in [-0.39, 0.29) is 12.6 Å². The topological polar surface area (TPSA) is 56.8 Å². The first-order valence-corrected chi connectivity index (χ1v) is 5.47. The average Bonchev–Trinajstić information content (AvgIpc) is 2.17. The molecule has 0 bridgehead atoms. The fraction of sp³-hybridized carbons (Fsp3) is 0.909. The van der Waals surface area contributed by atoms with Crippen LogP contribution in [0.4, 0.5) is 0 Å². The summed E-state index contributed by atoms with van der Waals surface area (Å²) in [6, 6.07) is 0. The Kier molecular flexibility index (Phi) is 4.29. The highest BCUT2D eigenvalue weighted by atomic mass is 16.6. The third-order valence-electron chi connectivity index (χ3n) is 2.22. The van der Waals surface area contributed by atoms with E-state index in [4.69, 9.17) is 14.2 Å². The number of morpholine rings is 1. The van der Waals surface area contributed by atoms with Crippen LogP contribution in [0.15, 0.2) is 0 Å². The summed E-state index contributed by atoms with van der Waals surface area (Å²) in [5, 5.41) is 3.12. The minimum atomic E-state index is -1.000. The molecule has 1 atom stereocenters. The summed E-state index contributed by atoms with van der Waals surface area (Å²) in [6.07, 6.45) is 0. The molecule has 16 heavy (non-hydrogen) atoms. The third-order valence-corrected chi connectivity index (χ3v) is 2.22. The quantitative estimate of drug-likeness (QED) is 0.709. The van der Waals surface area contributed by atoms with Gasteiger partial charge in [0.05, 0.1) is 13.2 Å². The summed E-state index contributed by atoms with van der Waals surface area (Å²) in [7, 11) is 1.55. The van der Waals surface area contributed by atoms with Gasteiger partial charge in [0.15, 0.2) is 0 Å². The number of rotatable bonds is 3. The molecule has 94 valence electrons. The molecule has 0 amide bonds. The van der Waals surface area contributed by atoms with Crippen LogP contribution in [0.3, 0.4) is 0 Å². The van der Waals surface area contributed by atoms with Crippen LogP contribution in [0, 0.1) is 0 Å². The van der Waals surface area contributed by atoms with Crippen molar-refractivity contribution in [2.45, 2.75) is 32.0 Å². The number of carbonyl (C=O) groups excluding carboxylic acids is 1. The van der Waals surface area contributed by atoms with Crippen molar-refractivity contribution in [2.24, 2.45) is 0 Å². The van der Waals surface area contributed by atoms with Crippen molar-refractivity contribution >= 4 is 5.97 Å². The van der Waals surface area contributed by atoms with Crippen molar-refractivity contribution in [1.82, 2.24) is 5.32 Å². The number of carbonyl (C=O) groups is 1. The van der Waals surface area contributed by atoms with Crippen LogP contribution in [0.1, 0.15) is 20.8 Å².